The molecule has 0 saturated heterocycles. The molecule has 2 unspecified atom stereocenters. The Morgan fingerprint density at radius 3 is 2.71 bits per heavy atom. The Balaban J connectivity index is 1.92. The molecular formula is C10H14N2O2. The zero-order valence-corrected chi connectivity index (χ0v) is 8.11. The fourth-order valence-electron chi connectivity index (χ4n) is 2.96. The van der Waals surface area contributed by atoms with Crippen molar-refractivity contribution < 1.29 is 9.53 Å². The van der Waals surface area contributed by atoms with Crippen molar-refractivity contribution in [2.75, 3.05) is 0 Å². The number of rotatable bonds is 0. The molecule has 0 aliphatic heterocycles. The number of hydrogen-bond donors (Lipinski definition) is 0. The van der Waals surface area contributed by atoms with Gasteiger partial charge in [0.05, 0.1) is 0 Å². The van der Waals surface area contributed by atoms with Crippen LogP contribution in [0.5, 0.6) is 0 Å². The topological polar surface area (TPSA) is 53.0 Å². The van der Waals surface area contributed by atoms with Crippen LogP contribution in [0, 0.1) is 17.0 Å². The van der Waals surface area contributed by atoms with Gasteiger partial charge in [0.1, 0.15) is 0 Å². The van der Waals surface area contributed by atoms with Crippen molar-refractivity contribution in [3.63, 3.8) is 0 Å². The zero-order valence-electron chi connectivity index (χ0n) is 8.11. The van der Waals surface area contributed by atoms with Crippen LogP contribution in [0.4, 0.5) is 0 Å². The van der Waals surface area contributed by atoms with Crippen LogP contribution in [0.1, 0.15) is 37.1 Å². The Bertz CT molecular complexity index is 348. The van der Waals surface area contributed by atoms with E-state index in [9.17, 15) is 5.21 Å². The van der Waals surface area contributed by atoms with Crippen molar-refractivity contribution in [1.29, 1.82) is 0 Å². The zero-order chi connectivity index (χ0) is 9.54. The fraction of sp³-hybridized carbons (Fsp3) is 0.800. The fourth-order valence-corrected chi connectivity index (χ4v) is 2.96. The van der Waals surface area contributed by atoms with Gasteiger partial charge in [0.25, 0.3) is 0 Å². The van der Waals surface area contributed by atoms with Crippen LogP contribution in [0.3, 0.4) is 0 Å². The summed E-state index contributed by atoms with van der Waals surface area (Å²) in [6, 6.07) is 0. The van der Waals surface area contributed by atoms with E-state index in [1.807, 2.05) is 0 Å². The molecule has 2 atom stereocenters. The van der Waals surface area contributed by atoms with Crippen molar-refractivity contribution >= 4 is 0 Å². The Hall–Kier alpha value is -1.06. The molecular weight excluding hydrogens is 180 g/mol. The highest BCUT2D eigenvalue weighted by Gasteiger charge is 2.36. The second-order valence-corrected chi connectivity index (χ2v) is 4.54. The summed E-state index contributed by atoms with van der Waals surface area (Å²) in [5.41, 5.74) is 1.69. The van der Waals surface area contributed by atoms with Gasteiger partial charge in [0.15, 0.2) is 5.69 Å². The van der Waals surface area contributed by atoms with Gasteiger partial charge in [-0.2, -0.15) is 0 Å². The summed E-state index contributed by atoms with van der Waals surface area (Å²) in [7, 11) is 0. The molecule has 0 aromatic carbocycles. The second-order valence-electron chi connectivity index (χ2n) is 4.54. The number of hydrogen-bond acceptors (Lipinski definition) is 3. The third-order valence-electron chi connectivity index (χ3n) is 3.76. The standard InChI is InChI=1S/C10H14N2O2/c13-12-10-6-8-4-2-1-3-7(8)5-9(10)11-14-12/h7-8H,1-6H2. The third-order valence-corrected chi connectivity index (χ3v) is 3.76. The minimum absolute atomic E-state index is 0.597. The summed E-state index contributed by atoms with van der Waals surface area (Å²) in [5.74, 6) is 1.46. The highest BCUT2D eigenvalue weighted by atomic mass is 16.8. The van der Waals surface area contributed by atoms with Gasteiger partial charge in [-0.3, -0.25) is 4.63 Å². The second kappa shape index (κ2) is 2.97. The lowest BCUT2D eigenvalue weighted by atomic mass is 9.71. The summed E-state index contributed by atoms with van der Waals surface area (Å²) < 4.78 is 4.63. The molecule has 2 aliphatic rings. The largest absolute Gasteiger partial charge is 0.359 e. The molecule has 1 aromatic rings. The molecule has 1 saturated carbocycles. The van der Waals surface area contributed by atoms with Gasteiger partial charge in [-0.25, -0.2) is 0 Å². The molecule has 0 bridgehead atoms. The molecule has 1 fully saturated rings. The van der Waals surface area contributed by atoms with Crippen LogP contribution in [0.15, 0.2) is 4.63 Å². The van der Waals surface area contributed by atoms with Crippen LogP contribution < -0.4 is 4.90 Å². The maximum atomic E-state index is 11.2. The summed E-state index contributed by atoms with van der Waals surface area (Å²) in [6.07, 6.45) is 7.07. The van der Waals surface area contributed by atoms with Gasteiger partial charge < -0.3 is 5.21 Å². The van der Waals surface area contributed by atoms with Crippen molar-refractivity contribution in [2.45, 2.75) is 38.5 Å². The minimum Gasteiger partial charge on any atom is -0.359 e. The minimum atomic E-state index is 0.597. The van der Waals surface area contributed by atoms with E-state index in [2.05, 4.69) is 9.79 Å². The average molecular weight is 194 g/mol. The van der Waals surface area contributed by atoms with Gasteiger partial charge in [0.2, 0.25) is 5.69 Å². The molecule has 1 aromatic heterocycles. The van der Waals surface area contributed by atoms with Crippen LogP contribution in [0.2, 0.25) is 0 Å². The van der Waals surface area contributed by atoms with Gasteiger partial charge in [-0.1, -0.05) is 12.8 Å². The van der Waals surface area contributed by atoms with Crippen LogP contribution in [0.25, 0.3) is 0 Å². The highest BCUT2D eigenvalue weighted by Crippen LogP contribution is 2.37. The molecule has 4 heteroatoms. The first-order valence-electron chi connectivity index (χ1n) is 5.42. The predicted molar refractivity (Wildman–Crippen MR) is 48.3 cm³/mol. The van der Waals surface area contributed by atoms with E-state index >= 15 is 0 Å². The molecule has 1 heterocycles. The average Bonchev–Trinajstić information content (AvgIpc) is 2.57. The van der Waals surface area contributed by atoms with Gasteiger partial charge in [0, 0.05) is 18.0 Å². The van der Waals surface area contributed by atoms with E-state index in [0.29, 0.717) is 10.8 Å². The Morgan fingerprint density at radius 2 is 1.93 bits per heavy atom. The first-order valence-corrected chi connectivity index (χ1v) is 5.42. The van der Waals surface area contributed by atoms with Crippen molar-refractivity contribution in [1.82, 2.24) is 5.16 Å². The molecule has 76 valence electrons. The van der Waals surface area contributed by atoms with Crippen LogP contribution >= 0.6 is 0 Å². The lowest BCUT2D eigenvalue weighted by Crippen LogP contribution is -2.36. The first kappa shape index (κ1) is 8.26. The smallest absolute Gasteiger partial charge is 0.221 e. The first-order chi connectivity index (χ1) is 6.84. The highest BCUT2D eigenvalue weighted by molar-refractivity contribution is 5.11. The monoisotopic (exact) mass is 194 g/mol. The predicted octanol–water partition coefficient (Wildman–Crippen LogP) is 1.21. The molecule has 0 amide bonds. The molecule has 0 spiro atoms. The van der Waals surface area contributed by atoms with E-state index in [4.69, 9.17) is 0 Å². The molecule has 0 N–H and O–H groups in total. The lowest BCUT2D eigenvalue weighted by Gasteiger charge is -2.32. The lowest BCUT2D eigenvalue weighted by molar-refractivity contribution is -0.808. The SMILES string of the molecule is [O-][n+]1onc2c1CC1CCCCC1C2. The third kappa shape index (κ3) is 1.13. The summed E-state index contributed by atoms with van der Waals surface area (Å²) in [6.45, 7) is 0. The summed E-state index contributed by atoms with van der Waals surface area (Å²) in [4.78, 5) is 0.597. The Labute approximate surface area is 82.4 Å². The summed E-state index contributed by atoms with van der Waals surface area (Å²) >= 11 is 0. The maximum Gasteiger partial charge on any atom is 0.221 e. The molecule has 2 aliphatic carbocycles. The van der Waals surface area contributed by atoms with Gasteiger partial charge in [-0.05, 0) is 29.6 Å². The maximum absolute atomic E-state index is 11.2. The number of aromatic nitrogens is 2. The normalized spacial score (nSPS) is 30.9. The molecule has 14 heavy (non-hydrogen) atoms. The van der Waals surface area contributed by atoms with E-state index in [1.165, 1.54) is 25.7 Å². The summed E-state index contributed by atoms with van der Waals surface area (Å²) in [5, 5.41) is 15.0. The molecule has 3 rings (SSSR count). The Morgan fingerprint density at radius 1 is 1.21 bits per heavy atom. The van der Waals surface area contributed by atoms with Crippen molar-refractivity contribution in [3.8, 4) is 0 Å². The van der Waals surface area contributed by atoms with Crippen molar-refractivity contribution in [3.05, 3.63) is 16.6 Å². The Kier molecular flexibility index (Phi) is 1.75. The van der Waals surface area contributed by atoms with Crippen LogP contribution in [-0.4, -0.2) is 5.16 Å². The van der Waals surface area contributed by atoms with Gasteiger partial charge in [-0.15, -0.1) is 0 Å². The van der Waals surface area contributed by atoms with Crippen molar-refractivity contribution in [2.24, 2.45) is 11.8 Å². The molecule has 4 nitrogen and oxygen atoms in total. The quantitative estimate of drug-likeness (QED) is 0.583. The van der Waals surface area contributed by atoms with E-state index in [1.54, 1.807) is 0 Å². The van der Waals surface area contributed by atoms with Gasteiger partial charge >= 0.3 is 0 Å². The van der Waals surface area contributed by atoms with Crippen LogP contribution in [-0.2, 0) is 12.8 Å². The number of fused-ring (bicyclic) bond motifs is 2. The van der Waals surface area contributed by atoms with E-state index < -0.39 is 0 Å². The van der Waals surface area contributed by atoms with E-state index in [-0.39, 0.29) is 0 Å². The number of nitrogens with zero attached hydrogens (tertiary/aromatic N) is 2. The molecule has 0 radical (unpaired) electrons. The van der Waals surface area contributed by atoms with E-state index in [0.717, 1.165) is 30.1 Å².